The standard InChI is InChI=1S/C20H30FN3O4S/c1-22-10-7-17(8-11-22)23-9-4-13-27-20(15-23)16-24(12-14-28-20)29(25,26)19-6-3-2-5-18(19)21/h2-3,5-6,17H,4,7-16H2,1H3. The maximum Gasteiger partial charge on any atom is 0.246 e. The largest absolute Gasteiger partial charge is 0.347 e. The molecule has 0 bridgehead atoms. The first-order valence-corrected chi connectivity index (χ1v) is 11.8. The normalized spacial score (nSPS) is 29.2. The van der Waals surface area contributed by atoms with Gasteiger partial charge < -0.3 is 14.4 Å². The van der Waals surface area contributed by atoms with Crippen LogP contribution in [0.5, 0.6) is 0 Å². The minimum Gasteiger partial charge on any atom is -0.347 e. The summed E-state index contributed by atoms with van der Waals surface area (Å²) >= 11 is 0. The average Bonchev–Trinajstić information content (AvgIpc) is 2.91. The molecule has 1 spiro atoms. The summed E-state index contributed by atoms with van der Waals surface area (Å²) in [5.74, 6) is -1.74. The minimum absolute atomic E-state index is 0.0762. The molecule has 7 nitrogen and oxygen atoms in total. The molecular weight excluding hydrogens is 397 g/mol. The van der Waals surface area contributed by atoms with Crippen molar-refractivity contribution in [1.82, 2.24) is 14.1 Å². The van der Waals surface area contributed by atoms with Crippen LogP contribution >= 0.6 is 0 Å². The Morgan fingerprint density at radius 1 is 1.03 bits per heavy atom. The second-order valence-corrected chi connectivity index (χ2v) is 10.1. The first-order chi connectivity index (χ1) is 13.9. The first kappa shape index (κ1) is 21.1. The van der Waals surface area contributed by atoms with Crippen LogP contribution in [-0.4, -0.2) is 93.9 Å². The Balaban J connectivity index is 1.53. The Kier molecular flexibility index (Phi) is 6.24. The van der Waals surface area contributed by atoms with Gasteiger partial charge in [0.05, 0.1) is 26.3 Å². The quantitative estimate of drug-likeness (QED) is 0.726. The summed E-state index contributed by atoms with van der Waals surface area (Å²) in [6.07, 6.45) is 3.06. The summed E-state index contributed by atoms with van der Waals surface area (Å²) < 4.78 is 53.8. The van der Waals surface area contributed by atoms with Crippen molar-refractivity contribution in [2.24, 2.45) is 0 Å². The highest BCUT2D eigenvalue weighted by Gasteiger charge is 2.45. The van der Waals surface area contributed by atoms with Crippen LogP contribution in [0.2, 0.25) is 0 Å². The molecule has 29 heavy (non-hydrogen) atoms. The van der Waals surface area contributed by atoms with Crippen LogP contribution in [0.1, 0.15) is 19.3 Å². The first-order valence-electron chi connectivity index (χ1n) is 10.3. The van der Waals surface area contributed by atoms with Gasteiger partial charge in [-0.2, -0.15) is 4.31 Å². The molecule has 9 heteroatoms. The predicted molar refractivity (Wildman–Crippen MR) is 107 cm³/mol. The van der Waals surface area contributed by atoms with Crippen LogP contribution < -0.4 is 0 Å². The minimum atomic E-state index is -3.96. The highest BCUT2D eigenvalue weighted by atomic mass is 32.2. The van der Waals surface area contributed by atoms with Crippen molar-refractivity contribution in [3.63, 3.8) is 0 Å². The van der Waals surface area contributed by atoms with E-state index in [1.54, 1.807) is 0 Å². The summed E-state index contributed by atoms with van der Waals surface area (Å²) in [5.41, 5.74) is 0. The van der Waals surface area contributed by atoms with Crippen molar-refractivity contribution in [2.45, 2.75) is 36.0 Å². The molecule has 0 amide bonds. The van der Waals surface area contributed by atoms with E-state index >= 15 is 0 Å². The van der Waals surface area contributed by atoms with Gasteiger partial charge >= 0.3 is 0 Å². The fraction of sp³-hybridized carbons (Fsp3) is 0.700. The van der Waals surface area contributed by atoms with E-state index in [0.29, 0.717) is 19.2 Å². The third-order valence-electron chi connectivity index (χ3n) is 6.18. The number of piperidine rings is 1. The highest BCUT2D eigenvalue weighted by molar-refractivity contribution is 7.89. The van der Waals surface area contributed by atoms with E-state index in [4.69, 9.17) is 9.47 Å². The number of hydrogen-bond acceptors (Lipinski definition) is 6. The SMILES string of the molecule is CN1CCC(N2CCCOC3(C2)CN(S(=O)(=O)c2ccccc2F)CCO3)CC1. The summed E-state index contributed by atoms with van der Waals surface area (Å²) in [6.45, 7) is 4.59. The van der Waals surface area contributed by atoms with E-state index in [0.717, 1.165) is 38.9 Å². The summed E-state index contributed by atoms with van der Waals surface area (Å²) in [5, 5.41) is 0. The lowest BCUT2D eigenvalue weighted by Gasteiger charge is -2.45. The van der Waals surface area contributed by atoms with Crippen LogP contribution in [0.4, 0.5) is 4.39 Å². The molecule has 4 rings (SSSR count). The number of ether oxygens (including phenoxy) is 2. The summed E-state index contributed by atoms with van der Waals surface area (Å²) in [6, 6.07) is 5.96. The number of sulfonamides is 1. The number of halogens is 1. The molecule has 1 aromatic rings. The van der Waals surface area contributed by atoms with Gasteiger partial charge in [0.1, 0.15) is 10.7 Å². The molecule has 3 aliphatic rings. The third-order valence-corrected chi connectivity index (χ3v) is 8.06. The molecule has 1 unspecified atom stereocenters. The lowest BCUT2D eigenvalue weighted by atomic mass is 10.0. The number of nitrogens with zero attached hydrogens (tertiary/aromatic N) is 3. The van der Waals surface area contributed by atoms with Crippen molar-refractivity contribution >= 4 is 10.0 Å². The Labute approximate surface area is 172 Å². The van der Waals surface area contributed by atoms with Crippen LogP contribution in [0.3, 0.4) is 0 Å². The molecule has 1 aromatic carbocycles. The molecule has 162 valence electrons. The highest BCUT2D eigenvalue weighted by Crippen LogP contribution is 2.30. The van der Waals surface area contributed by atoms with Gasteiger partial charge in [-0.1, -0.05) is 12.1 Å². The number of benzene rings is 1. The number of rotatable bonds is 3. The molecule has 3 heterocycles. The van der Waals surface area contributed by atoms with Crippen LogP contribution in [-0.2, 0) is 19.5 Å². The lowest BCUT2D eigenvalue weighted by molar-refractivity contribution is -0.259. The predicted octanol–water partition coefficient (Wildman–Crippen LogP) is 1.36. The zero-order chi connectivity index (χ0) is 20.5. The lowest BCUT2D eigenvalue weighted by Crippen LogP contribution is -2.60. The molecule has 0 aliphatic carbocycles. The van der Waals surface area contributed by atoms with Crippen molar-refractivity contribution in [3.05, 3.63) is 30.1 Å². The third kappa shape index (κ3) is 4.50. The second kappa shape index (κ2) is 8.56. The van der Waals surface area contributed by atoms with E-state index in [9.17, 15) is 12.8 Å². The Bertz CT molecular complexity index is 816. The Morgan fingerprint density at radius 3 is 2.52 bits per heavy atom. The second-order valence-electron chi connectivity index (χ2n) is 8.24. The van der Waals surface area contributed by atoms with Gasteiger partial charge in [0.15, 0.2) is 5.79 Å². The van der Waals surface area contributed by atoms with E-state index in [1.807, 2.05) is 0 Å². The van der Waals surface area contributed by atoms with E-state index in [1.165, 1.54) is 28.6 Å². The molecule has 3 aliphatic heterocycles. The maximum atomic E-state index is 14.2. The molecule has 3 saturated heterocycles. The van der Waals surface area contributed by atoms with Gasteiger partial charge in [-0.05, 0) is 51.5 Å². The topological polar surface area (TPSA) is 62.3 Å². The molecule has 0 radical (unpaired) electrons. The van der Waals surface area contributed by atoms with E-state index in [2.05, 4.69) is 16.8 Å². The van der Waals surface area contributed by atoms with Crippen molar-refractivity contribution < 1.29 is 22.3 Å². The van der Waals surface area contributed by atoms with Gasteiger partial charge in [-0.15, -0.1) is 0 Å². The molecule has 1 atom stereocenters. The van der Waals surface area contributed by atoms with Crippen LogP contribution in [0, 0.1) is 5.82 Å². The van der Waals surface area contributed by atoms with Gasteiger partial charge in [0.25, 0.3) is 0 Å². The fourth-order valence-corrected chi connectivity index (χ4v) is 6.06. The zero-order valence-electron chi connectivity index (χ0n) is 16.9. The summed E-state index contributed by atoms with van der Waals surface area (Å²) in [4.78, 5) is 4.44. The van der Waals surface area contributed by atoms with E-state index < -0.39 is 21.6 Å². The fourth-order valence-electron chi connectivity index (χ4n) is 4.54. The van der Waals surface area contributed by atoms with Gasteiger partial charge in [-0.25, -0.2) is 12.8 Å². The van der Waals surface area contributed by atoms with Crippen LogP contribution in [0.15, 0.2) is 29.2 Å². The van der Waals surface area contributed by atoms with Crippen molar-refractivity contribution in [2.75, 3.05) is 59.5 Å². The average molecular weight is 428 g/mol. The summed E-state index contributed by atoms with van der Waals surface area (Å²) in [7, 11) is -1.82. The Morgan fingerprint density at radius 2 is 1.76 bits per heavy atom. The van der Waals surface area contributed by atoms with Gasteiger partial charge in [0, 0.05) is 19.1 Å². The number of likely N-dealkylation sites (tertiary alicyclic amines) is 1. The van der Waals surface area contributed by atoms with Crippen LogP contribution in [0.25, 0.3) is 0 Å². The molecule has 0 saturated carbocycles. The van der Waals surface area contributed by atoms with Crippen molar-refractivity contribution in [3.8, 4) is 0 Å². The molecule has 0 aromatic heterocycles. The van der Waals surface area contributed by atoms with Crippen molar-refractivity contribution in [1.29, 1.82) is 0 Å². The maximum absolute atomic E-state index is 14.2. The molecule has 0 N–H and O–H groups in total. The Hall–Kier alpha value is -1.10. The van der Waals surface area contributed by atoms with Gasteiger partial charge in [0.2, 0.25) is 10.0 Å². The number of hydrogen-bond donors (Lipinski definition) is 0. The van der Waals surface area contributed by atoms with E-state index in [-0.39, 0.29) is 24.6 Å². The zero-order valence-corrected chi connectivity index (χ0v) is 17.7. The smallest absolute Gasteiger partial charge is 0.246 e. The number of morpholine rings is 1. The monoisotopic (exact) mass is 427 g/mol. The molecule has 3 fully saturated rings. The molecular formula is C20H30FN3O4S. The van der Waals surface area contributed by atoms with Gasteiger partial charge in [-0.3, -0.25) is 4.90 Å².